The van der Waals surface area contributed by atoms with Crippen LogP contribution >= 0.6 is 15.9 Å². The van der Waals surface area contributed by atoms with Crippen molar-refractivity contribution in [3.63, 3.8) is 0 Å². The van der Waals surface area contributed by atoms with Gasteiger partial charge in [0.1, 0.15) is 0 Å². The van der Waals surface area contributed by atoms with Crippen molar-refractivity contribution in [3.8, 4) is 0 Å². The number of carbonyl (C=O) groups is 1. The van der Waals surface area contributed by atoms with Crippen LogP contribution in [0.5, 0.6) is 0 Å². The summed E-state index contributed by atoms with van der Waals surface area (Å²) in [5, 5.41) is 2.74. The molecule has 0 aliphatic carbocycles. The monoisotopic (exact) mass is 398 g/mol. The standard InChI is InChI=1S/C15H15BrN2O4S/c1-18(22-2)23(20,21)14-8-6-11(7-9-14)15(19)17-13-5-3-4-12(16)10-13/h3-10H,1-2H3,(H,17,19). The van der Waals surface area contributed by atoms with E-state index in [0.29, 0.717) is 11.3 Å². The average molecular weight is 399 g/mol. The molecule has 6 nitrogen and oxygen atoms in total. The van der Waals surface area contributed by atoms with Crippen molar-refractivity contribution in [2.45, 2.75) is 4.90 Å². The van der Waals surface area contributed by atoms with E-state index in [2.05, 4.69) is 21.2 Å². The van der Waals surface area contributed by atoms with Crippen LogP contribution < -0.4 is 5.32 Å². The molecule has 122 valence electrons. The van der Waals surface area contributed by atoms with Crippen LogP contribution in [0.3, 0.4) is 0 Å². The van der Waals surface area contributed by atoms with Gasteiger partial charge in [-0.1, -0.05) is 26.5 Å². The van der Waals surface area contributed by atoms with Gasteiger partial charge in [0.2, 0.25) is 0 Å². The Balaban J connectivity index is 2.18. The first-order valence-corrected chi connectivity index (χ1v) is 8.78. The van der Waals surface area contributed by atoms with Crippen LogP contribution in [0.2, 0.25) is 0 Å². The minimum atomic E-state index is -3.72. The molecule has 0 spiro atoms. The summed E-state index contributed by atoms with van der Waals surface area (Å²) in [6.45, 7) is 0. The molecular formula is C15H15BrN2O4S. The van der Waals surface area contributed by atoms with Crippen molar-refractivity contribution >= 4 is 37.5 Å². The van der Waals surface area contributed by atoms with E-state index in [4.69, 9.17) is 4.84 Å². The molecule has 1 amide bonds. The van der Waals surface area contributed by atoms with Crippen LogP contribution in [0.15, 0.2) is 57.9 Å². The summed E-state index contributed by atoms with van der Waals surface area (Å²) in [5.74, 6) is -0.327. The lowest BCUT2D eigenvalue weighted by atomic mass is 10.2. The fraction of sp³-hybridized carbons (Fsp3) is 0.133. The second kappa shape index (κ2) is 7.22. The Kier molecular flexibility index (Phi) is 5.53. The summed E-state index contributed by atoms with van der Waals surface area (Å²) >= 11 is 3.33. The highest BCUT2D eigenvalue weighted by molar-refractivity contribution is 9.10. The number of hydroxylamine groups is 1. The molecule has 8 heteroatoms. The number of sulfonamides is 1. The summed E-state index contributed by atoms with van der Waals surface area (Å²) in [6, 6.07) is 12.8. The van der Waals surface area contributed by atoms with Crippen LogP contribution in [0.1, 0.15) is 10.4 Å². The summed E-state index contributed by atoms with van der Waals surface area (Å²) in [5.41, 5.74) is 0.990. The van der Waals surface area contributed by atoms with E-state index < -0.39 is 10.0 Å². The van der Waals surface area contributed by atoms with E-state index in [1.807, 2.05) is 6.07 Å². The fourth-order valence-electron chi connectivity index (χ4n) is 1.79. The lowest BCUT2D eigenvalue weighted by Crippen LogP contribution is -2.25. The van der Waals surface area contributed by atoms with Crippen molar-refractivity contribution in [2.24, 2.45) is 0 Å². The molecule has 0 heterocycles. The van der Waals surface area contributed by atoms with Gasteiger partial charge in [-0.2, -0.15) is 0 Å². The highest BCUT2D eigenvalue weighted by Crippen LogP contribution is 2.18. The molecule has 1 N–H and O–H groups in total. The molecular weight excluding hydrogens is 384 g/mol. The third kappa shape index (κ3) is 4.17. The Morgan fingerprint density at radius 2 is 1.83 bits per heavy atom. The quantitative estimate of drug-likeness (QED) is 0.785. The van der Waals surface area contributed by atoms with Crippen LogP contribution in [0, 0.1) is 0 Å². The molecule has 2 rings (SSSR count). The molecule has 2 aromatic rings. The Morgan fingerprint density at radius 1 is 1.17 bits per heavy atom. The summed E-state index contributed by atoms with van der Waals surface area (Å²) in [6.07, 6.45) is 0. The number of anilines is 1. The fourth-order valence-corrected chi connectivity index (χ4v) is 3.17. The zero-order valence-electron chi connectivity index (χ0n) is 12.5. The second-order valence-corrected chi connectivity index (χ2v) is 7.44. The van der Waals surface area contributed by atoms with E-state index in [-0.39, 0.29) is 10.8 Å². The summed E-state index contributed by atoms with van der Waals surface area (Å²) < 4.78 is 25.7. The number of halogens is 1. The predicted octanol–water partition coefficient (Wildman–Crippen LogP) is 2.88. The normalized spacial score (nSPS) is 11.5. The molecule has 0 aromatic heterocycles. The van der Waals surface area contributed by atoms with Crippen LogP contribution in [-0.2, 0) is 14.9 Å². The average Bonchev–Trinajstić information content (AvgIpc) is 2.54. The Labute approximate surface area is 143 Å². The van der Waals surface area contributed by atoms with E-state index in [1.165, 1.54) is 38.4 Å². The highest BCUT2D eigenvalue weighted by atomic mass is 79.9. The Hall–Kier alpha value is -1.74. The molecule has 0 aliphatic heterocycles. The van der Waals surface area contributed by atoms with Gasteiger partial charge < -0.3 is 5.32 Å². The van der Waals surface area contributed by atoms with Crippen molar-refractivity contribution in [1.29, 1.82) is 0 Å². The van der Waals surface area contributed by atoms with E-state index in [1.54, 1.807) is 18.2 Å². The highest BCUT2D eigenvalue weighted by Gasteiger charge is 2.20. The molecule has 23 heavy (non-hydrogen) atoms. The van der Waals surface area contributed by atoms with E-state index in [9.17, 15) is 13.2 Å². The number of amides is 1. The van der Waals surface area contributed by atoms with Crippen LogP contribution in [0.25, 0.3) is 0 Å². The Bertz CT molecular complexity index is 806. The van der Waals surface area contributed by atoms with Gasteiger partial charge in [-0.05, 0) is 42.5 Å². The van der Waals surface area contributed by atoms with Gasteiger partial charge in [0.15, 0.2) is 0 Å². The second-order valence-electron chi connectivity index (χ2n) is 4.59. The van der Waals surface area contributed by atoms with Crippen molar-refractivity contribution in [1.82, 2.24) is 4.47 Å². The molecule has 0 fully saturated rings. The van der Waals surface area contributed by atoms with Crippen molar-refractivity contribution < 1.29 is 18.0 Å². The molecule has 0 radical (unpaired) electrons. The zero-order valence-corrected chi connectivity index (χ0v) is 14.9. The van der Waals surface area contributed by atoms with Gasteiger partial charge in [-0.15, -0.1) is 0 Å². The van der Waals surface area contributed by atoms with Gasteiger partial charge in [-0.3, -0.25) is 9.63 Å². The van der Waals surface area contributed by atoms with E-state index >= 15 is 0 Å². The molecule has 2 aromatic carbocycles. The maximum absolute atomic E-state index is 12.2. The molecule has 0 unspecified atom stereocenters. The summed E-state index contributed by atoms with van der Waals surface area (Å²) in [7, 11) is -1.17. The smallest absolute Gasteiger partial charge is 0.264 e. The topological polar surface area (TPSA) is 75.7 Å². The van der Waals surface area contributed by atoms with Crippen molar-refractivity contribution in [3.05, 3.63) is 58.6 Å². The van der Waals surface area contributed by atoms with Gasteiger partial charge in [0.05, 0.1) is 12.0 Å². The molecule has 0 atom stereocenters. The number of benzene rings is 2. The van der Waals surface area contributed by atoms with Crippen molar-refractivity contribution in [2.75, 3.05) is 19.5 Å². The molecule has 0 saturated carbocycles. The number of carbonyl (C=O) groups excluding carboxylic acids is 1. The zero-order chi connectivity index (χ0) is 17.0. The molecule has 0 saturated heterocycles. The molecule has 0 bridgehead atoms. The van der Waals surface area contributed by atoms with E-state index in [0.717, 1.165) is 8.94 Å². The van der Waals surface area contributed by atoms with Crippen LogP contribution in [0.4, 0.5) is 5.69 Å². The number of hydrogen-bond acceptors (Lipinski definition) is 4. The number of hydrogen-bond donors (Lipinski definition) is 1. The van der Waals surface area contributed by atoms with Gasteiger partial charge in [0, 0.05) is 22.8 Å². The number of nitrogens with zero attached hydrogens (tertiary/aromatic N) is 1. The largest absolute Gasteiger partial charge is 0.322 e. The first kappa shape index (κ1) is 17.6. The first-order valence-electron chi connectivity index (χ1n) is 6.54. The maximum atomic E-state index is 12.2. The van der Waals surface area contributed by atoms with Crippen LogP contribution in [-0.4, -0.2) is 33.0 Å². The summed E-state index contributed by atoms with van der Waals surface area (Å²) in [4.78, 5) is 16.9. The molecule has 0 aliphatic rings. The minimum Gasteiger partial charge on any atom is -0.322 e. The maximum Gasteiger partial charge on any atom is 0.264 e. The van der Waals surface area contributed by atoms with Gasteiger partial charge >= 0.3 is 0 Å². The third-order valence-corrected chi connectivity index (χ3v) is 5.28. The van der Waals surface area contributed by atoms with Gasteiger partial charge in [-0.25, -0.2) is 8.42 Å². The lowest BCUT2D eigenvalue weighted by Gasteiger charge is -2.14. The first-order chi connectivity index (χ1) is 10.8. The lowest BCUT2D eigenvalue weighted by molar-refractivity contribution is -0.0258. The number of rotatable bonds is 5. The third-order valence-electron chi connectivity index (χ3n) is 3.09. The van der Waals surface area contributed by atoms with Gasteiger partial charge in [0.25, 0.3) is 15.9 Å². The predicted molar refractivity (Wildman–Crippen MR) is 90.5 cm³/mol. The number of nitrogens with one attached hydrogen (secondary N) is 1. The minimum absolute atomic E-state index is 0.0425. The Morgan fingerprint density at radius 3 is 2.39 bits per heavy atom. The SMILES string of the molecule is CON(C)S(=O)(=O)c1ccc(C(=O)Nc2cccc(Br)c2)cc1.